The molecule has 2 amide bonds. The van der Waals surface area contributed by atoms with Crippen LogP contribution in [-0.2, 0) is 12.8 Å². The zero-order chi connectivity index (χ0) is 19.4. The molecule has 0 spiro atoms. The maximum absolute atomic E-state index is 13.4. The van der Waals surface area contributed by atoms with E-state index in [4.69, 9.17) is 5.73 Å². The fraction of sp³-hybridized carbons (Fsp3) is 0.389. The Labute approximate surface area is 159 Å². The van der Waals surface area contributed by atoms with Crippen molar-refractivity contribution in [3.63, 3.8) is 0 Å². The Hall–Kier alpha value is -2.39. The van der Waals surface area contributed by atoms with Gasteiger partial charge in [-0.25, -0.2) is 8.78 Å². The Kier molecular flexibility index (Phi) is 5.81. The first-order valence-corrected chi connectivity index (χ1v) is 9.45. The molecule has 0 bridgehead atoms. The minimum Gasteiger partial charge on any atom is -0.346 e. The summed E-state index contributed by atoms with van der Waals surface area (Å²) in [6.45, 7) is -1.69. The maximum atomic E-state index is 13.4. The largest absolute Gasteiger partial charge is 0.346 e. The highest BCUT2D eigenvalue weighted by atomic mass is 32.1. The van der Waals surface area contributed by atoms with Gasteiger partial charge in [-0.15, -0.1) is 11.3 Å². The SMILES string of the molecule is NCC(F)(F)CNC(=O)c1c(NC(=O)c2cccnc2)sc2c1CCCC2. The smallest absolute Gasteiger partial charge is 0.277 e. The van der Waals surface area contributed by atoms with E-state index in [1.54, 1.807) is 18.3 Å². The van der Waals surface area contributed by atoms with Crippen molar-refractivity contribution in [3.05, 3.63) is 46.1 Å². The molecule has 1 aliphatic carbocycles. The molecule has 144 valence electrons. The fourth-order valence-corrected chi connectivity index (χ4v) is 4.22. The first-order chi connectivity index (χ1) is 12.9. The second-order valence-electron chi connectivity index (χ2n) is 6.35. The number of fused-ring (bicyclic) bond motifs is 1. The first-order valence-electron chi connectivity index (χ1n) is 8.63. The molecule has 2 aromatic rings. The molecule has 0 fully saturated rings. The van der Waals surface area contributed by atoms with Gasteiger partial charge in [-0.3, -0.25) is 14.6 Å². The van der Waals surface area contributed by atoms with Crippen molar-refractivity contribution in [1.82, 2.24) is 10.3 Å². The highest BCUT2D eigenvalue weighted by Crippen LogP contribution is 2.38. The quantitative estimate of drug-likeness (QED) is 0.702. The third-order valence-electron chi connectivity index (χ3n) is 4.36. The lowest BCUT2D eigenvalue weighted by Gasteiger charge is -2.16. The number of carbonyl (C=O) groups excluding carboxylic acids is 2. The van der Waals surface area contributed by atoms with Crippen LogP contribution >= 0.6 is 11.3 Å². The summed E-state index contributed by atoms with van der Waals surface area (Å²) in [5.74, 6) is -4.20. The van der Waals surface area contributed by atoms with Crippen molar-refractivity contribution in [3.8, 4) is 0 Å². The maximum Gasteiger partial charge on any atom is 0.277 e. The van der Waals surface area contributed by atoms with Crippen molar-refractivity contribution in [2.24, 2.45) is 5.73 Å². The monoisotopic (exact) mass is 394 g/mol. The van der Waals surface area contributed by atoms with Gasteiger partial charge in [0, 0.05) is 17.3 Å². The number of nitrogens with one attached hydrogen (secondary N) is 2. The van der Waals surface area contributed by atoms with Gasteiger partial charge in [0.2, 0.25) is 0 Å². The number of carbonyl (C=O) groups is 2. The van der Waals surface area contributed by atoms with E-state index in [9.17, 15) is 18.4 Å². The number of amides is 2. The van der Waals surface area contributed by atoms with Crippen LogP contribution in [0.2, 0.25) is 0 Å². The molecule has 2 heterocycles. The summed E-state index contributed by atoms with van der Waals surface area (Å²) >= 11 is 1.33. The molecule has 0 aliphatic heterocycles. The lowest BCUT2D eigenvalue weighted by Crippen LogP contribution is -2.41. The van der Waals surface area contributed by atoms with E-state index in [2.05, 4.69) is 15.6 Å². The Bertz CT molecular complexity index is 839. The molecular formula is C18H20F2N4O2S. The molecule has 4 N–H and O–H groups in total. The zero-order valence-corrected chi connectivity index (χ0v) is 15.4. The number of halogens is 2. The first kappa shape index (κ1) is 19.4. The molecule has 9 heteroatoms. The number of hydrogen-bond acceptors (Lipinski definition) is 5. The Morgan fingerprint density at radius 3 is 2.74 bits per heavy atom. The van der Waals surface area contributed by atoms with Crippen LogP contribution in [0.15, 0.2) is 24.5 Å². The average Bonchev–Trinajstić information content (AvgIpc) is 3.04. The lowest BCUT2D eigenvalue weighted by molar-refractivity contribution is 0.0118. The number of nitrogens with two attached hydrogens (primary N) is 1. The van der Waals surface area contributed by atoms with Crippen LogP contribution in [-0.4, -0.2) is 35.8 Å². The number of thiophene rings is 1. The van der Waals surface area contributed by atoms with Gasteiger partial charge in [0.15, 0.2) is 0 Å². The number of aromatic nitrogens is 1. The third-order valence-corrected chi connectivity index (χ3v) is 5.56. The van der Waals surface area contributed by atoms with Crippen molar-refractivity contribution in [2.75, 3.05) is 18.4 Å². The van der Waals surface area contributed by atoms with Gasteiger partial charge in [0.1, 0.15) is 5.00 Å². The predicted molar refractivity (Wildman–Crippen MR) is 99.5 cm³/mol. The molecule has 27 heavy (non-hydrogen) atoms. The Morgan fingerprint density at radius 2 is 2.04 bits per heavy atom. The molecule has 0 aromatic carbocycles. The van der Waals surface area contributed by atoms with E-state index in [-0.39, 0.29) is 5.56 Å². The number of hydrogen-bond donors (Lipinski definition) is 3. The van der Waals surface area contributed by atoms with Gasteiger partial charge in [0.05, 0.1) is 24.2 Å². The van der Waals surface area contributed by atoms with Gasteiger partial charge in [0.25, 0.3) is 17.7 Å². The Morgan fingerprint density at radius 1 is 1.26 bits per heavy atom. The zero-order valence-electron chi connectivity index (χ0n) is 14.6. The molecule has 3 rings (SSSR count). The van der Waals surface area contributed by atoms with Crippen LogP contribution in [0.1, 0.15) is 44.0 Å². The summed E-state index contributed by atoms with van der Waals surface area (Å²) < 4.78 is 26.8. The van der Waals surface area contributed by atoms with Gasteiger partial charge >= 0.3 is 0 Å². The summed E-state index contributed by atoms with van der Waals surface area (Å²) in [4.78, 5) is 30.0. The van der Waals surface area contributed by atoms with E-state index in [0.29, 0.717) is 17.0 Å². The summed E-state index contributed by atoms with van der Waals surface area (Å²) in [6, 6.07) is 3.24. The van der Waals surface area contributed by atoms with E-state index >= 15 is 0 Å². The molecule has 0 atom stereocenters. The van der Waals surface area contributed by atoms with Crippen molar-refractivity contribution in [1.29, 1.82) is 0 Å². The van der Waals surface area contributed by atoms with Crippen molar-refractivity contribution >= 4 is 28.2 Å². The highest BCUT2D eigenvalue weighted by molar-refractivity contribution is 7.17. The average molecular weight is 394 g/mol. The second kappa shape index (κ2) is 8.10. The number of aryl methyl sites for hydroxylation is 1. The summed E-state index contributed by atoms with van der Waals surface area (Å²) in [5.41, 5.74) is 6.48. The molecule has 0 saturated heterocycles. The van der Waals surface area contributed by atoms with Crippen LogP contribution in [0.5, 0.6) is 0 Å². The fourth-order valence-electron chi connectivity index (χ4n) is 2.94. The molecule has 2 aromatic heterocycles. The van der Waals surface area contributed by atoms with Crippen LogP contribution in [0.3, 0.4) is 0 Å². The predicted octanol–water partition coefficient (Wildman–Crippen LogP) is 2.60. The van der Waals surface area contributed by atoms with Crippen molar-refractivity contribution < 1.29 is 18.4 Å². The Balaban J connectivity index is 1.86. The molecule has 6 nitrogen and oxygen atoms in total. The minimum absolute atomic E-state index is 0.278. The van der Waals surface area contributed by atoms with Gasteiger partial charge < -0.3 is 16.4 Å². The lowest BCUT2D eigenvalue weighted by atomic mass is 9.95. The van der Waals surface area contributed by atoms with Gasteiger partial charge in [-0.05, 0) is 43.4 Å². The van der Waals surface area contributed by atoms with Crippen LogP contribution in [0.4, 0.5) is 13.8 Å². The number of anilines is 1. The van der Waals surface area contributed by atoms with E-state index in [0.717, 1.165) is 29.7 Å². The van der Waals surface area contributed by atoms with Crippen LogP contribution < -0.4 is 16.4 Å². The standard InChI is InChI=1S/C18H20F2N4O2S/c19-18(20,9-21)10-23-16(26)14-12-5-1-2-6-13(12)27-17(14)24-15(25)11-4-3-7-22-8-11/h3-4,7-8H,1-2,5-6,9-10,21H2,(H,23,26)(H,24,25). The number of alkyl halides is 2. The number of rotatable bonds is 6. The highest BCUT2D eigenvalue weighted by Gasteiger charge is 2.31. The molecule has 0 saturated carbocycles. The molecule has 0 unspecified atom stereocenters. The van der Waals surface area contributed by atoms with E-state index in [1.807, 2.05) is 0 Å². The van der Waals surface area contributed by atoms with E-state index < -0.39 is 30.8 Å². The second-order valence-corrected chi connectivity index (χ2v) is 7.46. The topological polar surface area (TPSA) is 97.1 Å². The molecular weight excluding hydrogens is 374 g/mol. The summed E-state index contributed by atoms with van der Waals surface area (Å²) in [6.07, 6.45) is 6.38. The third kappa shape index (κ3) is 4.48. The van der Waals surface area contributed by atoms with Gasteiger partial charge in [-0.2, -0.15) is 0 Å². The normalized spacial score (nSPS) is 13.7. The number of nitrogens with zero attached hydrogens (tertiary/aromatic N) is 1. The van der Waals surface area contributed by atoms with E-state index in [1.165, 1.54) is 17.5 Å². The van der Waals surface area contributed by atoms with Crippen LogP contribution in [0, 0.1) is 0 Å². The molecule has 1 aliphatic rings. The minimum atomic E-state index is -3.18. The molecule has 0 radical (unpaired) electrons. The summed E-state index contributed by atoms with van der Waals surface area (Å²) in [7, 11) is 0. The van der Waals surface area contributed by atoms with Gasteiger partial charge in [-0.1, -0.05) is 0 Å². The number of pyridine rings is 1. The van der Waals surface area contributed by atoms with Crippen molar-refractivity contribution in [2.45, 2.75) is 31.6 Å². The summed E-state index contributed by atoms with van der Waals surface area (Å²) in [5, 5.41) is 5.38. The van der Waals surface area contributed by atoms with Crippen LogP contribution in [0.25, 0.3) is 0 Å².